The first-order valence-electron chi connectivity index (χ1n) is 13.4. The van der Waals surface area contributed by atoms with Crippen molar-refractivity contribution >= 4 is 81.8 Å². The van der Waals surface area contributed by atoms with Crippen LogP contribution in [0.3, 0.4) is 0 Å². The number of nitrogens with zero attached hydrogens (tertiary/aromatic N) is 2. The van der Waals surface area contributed by atoms with Crippen molar-refractivity contribution in [3.8, 4) is 5.69 Å². The van der Waals surface area contributed by atoms with E-state index in [1.165, 1.54) is 65.6 Å². The van der Waals surface area contributed by atoms with E-state index < -0.39 is 0 Å². The van der Waals surface area contributed by atoms with Crippen molar-refractivity contribution < 1.29 is 4.42 Å². The zero-order valence-electron chi connectivity index (χ0n) is 20.8. The molecular weight excluding hydrogens is 476 g/mol. The maximum absolute atomic E-state index is 6.28. The van der Waals surface area contributed by atoms with Crippen molar-refractivity contribution in [2.24, 2.45) is 0 Å². The van der Waals surface area contributed by atoms with E-state index in [2.05, 4.69) is 124 Å². The summed E-state index contributed by atoms with van der Waals surface area (Å²) in [6.07, 6.45) is 0. The number of rotatable bonds is 1. The average Bonchev–Trinajstić information content (AvgIpc) is 3.71. The van der Waals surface area contributed by atoms with E-state index >= 15 is 0 Å². The molecule has 39 heavy (non-hydrogen) atoms. The lowest BCUT2D eigenvalue weighted by atomic mass is 10.0. The van der Waals surface area contributed by atoms with E-state index in [0.29, 0.717) is 0 Å². The van der Waals surface area contributed by atoms with Gasteiger partial charge < -0.3 is 13.4 Å². The zero-order valence-corrected chi connectivity index (χ0v) is 20.8. The Bertz CT molecular complexity index is 2600. The molecule has 4 aromatic heterocycles. The van der Waals surface area contributed by atoms with Crippen LogP contribution in [0.4, 0.5) is 0 Å². The highest BCUT2D eigenvalue weighted by Gasteiger charge is 2.23. The second-order valence-electron chi connectivity index (χ2n) is 10.5. The molecule has 0 spiro atoms. The van der Waals surface area contributed by atoms with E-state index in [0.717, 1.165) is 21.9 Å². The molecule has 0 aliphatic heterocycles. The molecule has 0 atom stereocenters. The van der Waals surface area contributed by atoms with Crippen LogP contribution >= 0.6 is 0 Å². The van der Waals surface area contributed by atoms with Gasteiger partial charge in [0.1, 0.15) is 11.2 Å². The van der Waals surface area contributed by atoms with Crippen LogP contribution in [-0.4, -0.2) is 8.97 Å². The number of benzene rings is 6. The lowest BCUT2D eigenvalue weighted by Crippen LogP contribution is -1.92. The van der Waals surface area contributed by atoms with Gasteiger partial charge in [-0.3, -0.25) is 0 Å². The maximum atomic E-state index is 6.28. The molecule has 0 saturated carbocycles. The highest BCUT2D eigenvalue weighted by molar-refractivity contribution is 6.33. The van der Waals surface area contributed by atoms with Gasteiger partial charge in [0.15, 0.2) is 0 Å². The van der Waals surface area contributed by atoms with Crippen LogP contribution in [-0.2, 0) is 0 Å². The van der Waals surface area contributed by atoms with E-state index in [-0.39, 0.29) is 0 Å². The van der Waals surface area contributed by atoms with E-state index in [1.54, 1.807) is 0 Å². The minimum Gasteiger partial charge on any atom is -0.456 e. The fourth-order valence-corrected chi connectivity index (χ4v) is 7.10. The number of furan rings is 1. The Morgan fingerprint density at radius 3 is 2.05 bits per heavy atom. The van der Waals surface area contributed by atoms with Crippen LogP contribution in [0.2, 0.25) is 0 Å². The Kier molecular flexibility index (Phi) is 3.44. The van der Waals surface area contributed by atoms with Crippen LogP contribution in [0, 0.1) is 0 Å². The molecule has 0 fully saturated rings. The van der Waals surface area contributed by atoms with Crippen molar-refractivity contribution in [3.63, 3.8) is 0 Å². The van der Waals surface area contributed by atoms with Crippen LogP contribution in [0.5, 0.6) is 0 Å². The third-order valence-corrected chi connectivity index (χ3v) is 8.63. The molecule has 0 aliphatic carbocycles. The van der Waals surface area contributed by atoms with Crippen molar-refractivity contribution in [2.75, 3.05) is 0 Å². The molecule has 0 radical (unpaired) electrons. The summed E-state index contributed by atoms with van der Waals surface area (Å²) >= 11 is 0. The molecule has 0 bridgehead atoms. The Labute approximate surface area is 222 Å². The van der Waals surface area contributed by atoms with Gasteiger partial charge in [0, 0.05) is 48.8 Å². The fourth-order valence-electron chi connectivity index (χ4n) is 7.10. The fraction of sp³-hybridized carbons (Fsp3) is 0. The van der Waals surface area contributed by atoms with Gasteiger partial charge in [-0.15, -0.1) is 0 Å². The molecule has 0 aliphatic rings. The Balaban J connectivity index is 1.45. The van der Waals surface area contributed by atoms with Crippen molar-refractivity contribution in [1.29, 1.82) is 0 Å². The Hall–Kier alpha value is -5.28. The molecule has 0 saturated heterocycles. The first-order valence-corrected chi connectivity index (χ1v) is 13.4. The summed E-state index contributed by atoms with van der Waals surface area (Å²) in [6.45, 7) is 0. The number of aromatic nitrogens is 2. The van der Waals surface area contributed by atoms with Crippen LogP contribution < -0.4 is 0 Å². The molecule has 180 valence electrons. The van der Waals surface area contributed by atoms with E-state index in [1.807, 2.05) is 6.07 Å². The topological polar surface area (TPSA) is 22.5 Å². The summed E-state index contributed by atoms with van der Waals surface area (Å²) < 4.78 is 11.2. The summed E-state index contributed by atoms with van der Waals surface area (Å²) in [4.78, 5) is 0. The first-order chi connectivity index (χ1) is 19.4. The lowest BCUT2D eigenvalue weighted by Gasteiger charge is -2.07. The van der Waals surface area contributed by atoms with E-state index in [4.69, 9.17) is 4.42 Å². The Morgan fingerprint density at radius 1 is 0.410 bits per heavy atom. The normalized spacial score (nSPS) is 12.6. The van der Waals surface area contributed by atoms with Gasteiger partial charge in [-0.1, -0.05) is 72.8 Å². The zero-order chi connectivity index (χ0) is 25.2. The molecule has 0 amide bonds. The highest BCUT2D eigenvalue weighted by Crippen LogP contribution is 2.46. The monoisotopic (exact) mass is 496 g/mol. The minimum atomic E-state index is 0.933. The van der Waals surface area contributed by atoms with Gasteiger partial charge in [-0.25, -0.2) is 0 Å². The number of fused-ring (bicyclic) bond motifs is 13. The predicted molar refractivity (Wildman–Crippen MR) is 163 cm³/mol. The first kappa shape index (κ1) is 19.8. The molecule has 3 nitrogen and oxygen atoms in total. The quantitative estimate of drug-likeness (QED) is 0.222. The number of para-hydroxylation sites is 4. The van der Waals surface area contributed by atoms with E-state index in [9.17, 15) is 0 Å². The van der Waals surface area contributed by atoms with Gasteiger partial charge >= 0.3 is 0 Å². The van der Waals surface area contributed by atoms with Gasteiger partial charge in [0.25, 0.3) is 0 Å². The average molecular weight is 497 g/mol. The summed E-state index contributed by atoms with van der Waals surface area (Å²) in [5, 5.41) is 10.0. The Morgan fingerprint density at radius 2 is 1.13 bits per heavy atom. The van der Waals surface area contributed by atoms with Gasteiger partial charge in [0.05, 0.1) is 27.6 Å². The second-order valence-corrected chi connectivity index (χ2v) is 10.5. The maximum Gasteiger partial charge on any atom is 0.136 e. The summed E-state index contributed by atoms with van der Waals surface area (Å²) in [5.41, 5.74) is 9.26. The van der Waals surface area contributed by atoms with Crippen LogP contribution in [0.15, 0.2) is 126 Å². The standard InChI is InChI=1S/C36H20N2O/c1-2-9-21(10-3-1)37-28-15-6-4-12-24(28)34-29(37)17-18-30-35(34)25-14-8-13-23-26-20-33-27(19-31(26)38(30)36(23)25)22-11-5-7-16-32(22)39-33/h1-20H. The van der Waals surface area contributed by atoms with Gasteiger partial charge in [0.2, 0.25) is 0 Å². The molecule has 4 heterocycles. The summed E-state index contributed by atoms with van der Waals surface area (Å²) in [6, 6.07) is 43.7. The number of hydrogen-bond acceptors (Lipinski definition) is 1. The SMILES string of the molecule is c1ccc(-n2c3ccccc3c3c4c5cccc6c7cc8oc9ccccc9c8cc7n(c4ccc32)c65)cc1. The van der Waals surface area contributed by atoms with Crippen LogP contribution in [0.25, 0.3) is 87.5 Å². The van der Waals surface area contributed by atoms with Crippen LogP contribution in [0.1, 0.15) is 0 Å². The van der Waals surface area contributed by atoms with Gasteiger partial charge in [-0.05, 0) is 48.5 Å². The highest BCUT2D eigenvalue weighted by atomic mass is 16.3. The lowest BCUT2D eigenvalue weighted by molar-refractivity contribution is 0.669. The predicted octanol–water partition coefficient (Wildman–Crippen LogP) is 9.83. The molecule has 10 rings (SSSR count). The summed E-state index contributed by atoms with van der Waals surface area (Å²) in [5.74, 6) is 0. The molecular formula is C36H20N2O. The largest absolute Gasteiger partial charge is 0.456 e. The number of hydrogen-bond donors (Lipinski definition) is 0. The third kappa shape index (κ3) is 2.31. The molecule has 3 heteroatoms. The minimum absolute atomic E-state index is 0.933. The molecule has 10 aromatic rings. The smallest absolute Gasteiger partial charge is 0.136 e. The van der Waals surface area contributed by atoms with Crippen molar-refractivity contribution in [2.45, 2.75) is 0 Å². The third-order valence-electron chi connectivity index (χ3n) is 8.63. The second kappa shape index (κ2) is 6.77. The van der Waals surface area contributed by atoms with Crippen molar-refractivity contribution in [1.82, 2.24) is 8.97 Å². The molecule has 0 unspecified atom stereocenters. The van der Waals surface area contributed by atoms with Crippen molar-refractivity contribution in [3.05, 3.63) is 121 Å². The molecule has 0 N–H and O–H groups in total. The molecule has 6 aromatic carbocycles. The van der Waals surface area contributed by atoms with Gasteiger partial charge in [-0.2, -0.15) is 0 Å². The summed E-state index contributed by atoms with van der Waals surface area (Å²) in [7, 11) is 0.